The van der Waals surface area contributed by atoms with E-state index >= 15 is 0 Å². The standard InChI is InChI=1S/C10H12ClNO2/c1-7-4-8(5-14-7)9(13)12-10(6-11)2-3-10/h4-5H,2-3,6H2,1H3,(H,12,13). The molecule has 0 radical (unpaired) electrons. The lowest BCUT2D eigenvalue weighted by molar-refractivity contribution is 0.0935. The number of nitrogens with one attached hydrogen (secondary N) is 1. The van der Waals surface area contributed by atoms with Crippen LogP contribution in [-0.4, -0.2) is 17.3 Å². The number of carbonyl (C=O) groups excluding carboxylic acids is 1. The number of furan rings is 1. The first kappa shape index (κ1) is 9.59. The number of aryl methyl sites for hydroxylation is 1. The first-order chi connectivity index (χ1) is 6.65. The third kappa shape index (κ3) is 1.77. The van der Waals surface area contributed by atoms with Gasteiger partial charge < -0.3 is 9.73 Å². The van der Waals surface area contributed by atoms with Gasteiger partial charge in [0.05, 0.1) is 11.1 Å². The number of hydrogen-bond donors (Lipinski definition) is 1. The fraction of sp³-hybridized carbons (Fsp3) is 0.500. The van der Waals surface area contributed by atoms with Crippen molar-refractivity contribution in [2.45, 2.75) is 25.3 Å². The van der Waals surface area contributed by atoms with Crippen LogP contribution in [0.2, 0.25) is 0 Å². The van der Waals surface area contributed by atoms with Crippen LogP contribution in [0.3, 0.4) is 0 Å². The highest BCUT2D eigenvalue weighted by molar-refractivity contribution is 6.19. The summed E-state index contributed by atoms with van der Waals surface area (Å²) in [6, 6.07) is 1.72. The number of alkyl halides is 1. The maximum atomic E-state index is 11.6. The van der Waals surface area contributed by atoms with Crippen molar-refractivity contribution in [3.63, 3.8) is 0 Å². The Bertz CT molecular complexity index is 355. The number of amides is 1. The molecule has 4 heteroatoms. The van der Waals surface area contributed by atoms with Crippen molar-refractivity contribution in [3.8, 4) is 0 Å². The molecule has 0 aliphatic heterocycles. The van der Waals surface area contributed by atoms with Crippen LogP contribution in [0.4, 0.5) is 0 Å². The van der Waals surface area contributed by atoms with Crippen LogP contribution in [0.15, 0.2) is 16.7 Å². The van der Waals surface area contributed by atoms with Crippen LogP contribution in [0.1, 0.15) is 29.0 Å². The smallest absolute Gasteiger partial charge is 0.255 e. The SMILES string of the molecule is Cc1cc(C(=O)NC2(CCl)CC2)co1. The fourth-order valence-electron chi connectivity index (χ4n) is 1.32. The molecule has 0 aromatic carbocycles. The Labute approximate surface area is 87.4 Å². The van der Waals surface area contributed by atoms with Gasteiger partial charge in [0.15, 0.2) is 0 Å². The van der Waals surface area contributed by atoms with Crippen molar-refractivity contribution in [2.75, 3.05) is 5.88 Å². The van der Waals surface area contributed by atoms with Crippen molar-refractivity contribution in [3.05, 3.63) is 23.7 Å². The molecular weight excluding hydrogens is 202 g/mol. The van der Waals surface area contributed by atoms with Crippen molar-refractivity contribution < 1.29 is 9.21 Å². The average molecular weight is 214 g/mol. The third-order valence-electron chi connectivity index (χ3n) is 2.48. The van der Waals surface area contributed by atoms with Gasteiger partial charge in [-0.25, -0.2) is 0 Å². The summed E-state index contributed by atoms with van der Waals surface area (Å²) in [5, 5.41) is 2.92. The van der Waals surface area contributed by atoms with Gasteiger partial charge in [0.25, 0.3) is 5.91 Å². The molecule has 0 saturated heterocycles. The summed E-state index contributed by atoms with van der Waals surface area (Å²) in [6.07, 6.45) is 3.41. The fourth-order valence-corrected chi connectivity index (χ4v) is 1.65. The Morgan fingerprint density at radius 1 is 1.71 bits per heavy atom. The lowest BCUT2D eigenvalue weighted by Crippen LogP contribution is -2.37. The van der Waals surface area contributed by atoms with E-state index in [1.807, 2.05) is 6.92 Å². The van der Waals surface area contributed by atoms with E-state index in [0.717, 1.165) is 18.6 Å². The summed E-state index contributed by atoms with van der Waals surface area (Å²) >= 11 is 5.75. The molecular formula is C10H12ClNO2. The predicted octanol–water partition coefficient (Wildman–Crippen LogP) is 2.09. The zero-order valence-corrected chi connectivity index (χ0v) is 8.73. The topological polar surface area (TPSA) is 42.2 Å². The van der Waals surface area contributed by atoms with Crippen LogP contribution in [0.5, 0.6) is 0 Å². The van der Waals surface area contributed by atoms with Gasteiger partial charge in [0.1, 0.15) is 12.0 Å². The highest BCUT2D eigenvalue weighted by Gasteiger charge is 2.43. The zero-order chi connectivity index (χ0) is 10.2. The Kier molecular flexibility index (Phi) is 2.27. The van der Waals surface area contributed by atoms with Crippen molar-refractivity contribution in [1.82, 2.24) is 5.32 Å². The first-order valence-corrected chi connectivity index (χ1v) is 5.12. The van der Waals surface area contributed by atoms with E-state index in [2.05, 4.69) is 5.32 Å². The van der Waals surface area contributed by atoms with E-state index in [0.29, 0.717) is 11.4 Å². The molecule has 1 aliphatic rings. The summed E-state index contributed by atoms with van der Waals surface area (Å²) in [4.78, 5) is 11.6. The Balaban J connectivity index is 2.03. The van der Waals surface area contributed by atoms with Crippen LogP contribution < -0.4 is 5.32 Å². The molecule has 0 unspecified atom stereocenters. The van der Waals surface area contributed by atoms with Crippen LogP contribution >= 0.6 is 11.6 Å². The van der Waals surface area contributed by atoms with E-state index in [1.165, 1.54) is 6.26 Å². The third-order valence-corrected chi connectivity index (χ3v) is 2.99. The van der Waals surface area contributed by atoms with E-state index in [1.54, 1.807) is 6.07 Å². The van der Waals surface area contributed by atoms with Gasteiger partial charge in [0.2, 0.25) is 0 Å². The summed E-state index contributed by atoms with van der Waals surface area (Å²) < 4.78 is 5.06. The molecule has 0 atom stereocenters. The largest absolute Gasteiger partial charge is 0.469 e. The molecule has 1 aromatic heterocycles. The maximum absolute atomic E-state index is 11.6. The Hall–Kier alpha value is -0.960. The molecule has 1 amide bonds. The minimum absolute atomic E-state index is 0.0972. The van der Waals surface area contributed by atoms with Gasteiger partial charge in [-0.2, -0.15) is 0 Å². The van der Waals surface area contributed by atoms with Gasteiger partial charge in [-0.1, -0.05) is 0 Å². The van der Waals surface area contributed by atoms with Crippen molar-refractivity contribution >= 4 is 17.5 Å². The summed E-state index contributed by atoms with van der Waals surface area (Å²) in [5.74, 6) is 1.13. The van der Waals surface area contributed by atoms with E-state index in [4.69, 9.17) is 16.0 Å². The number of carbonyl (C=O) groups is 1. The van der Waals surface area contributed by atoms with Gasteiger partial charge in [-0.3, -0.25) is 4.79 Å². The lowest BCUT2D eigenvalue weighted by Gasteiger charge is -2.12. The van der Waals surface area contributed by atoms with E-state index in [9.17, 15) is 4.79 Å². The van der Waals surface area contributed by atoms with Crippen molar-refractivity contribution in [2.24, 2.45) is 0 Å². The van der Waals surface area contributed by atoms with Gasteiger partial charge in [-0.05, 0) is 25.8 Å². The van der Waals surface area contributed by atoms with Gasteiger partial charge in [0, 0.05) is 5.88 Å². The molecule has 0 spiro atoms. The molecule has 2 rings (SSSR count). The van der Waals surface area contributed by atoms with Crippen LogP contribution in [0, 0.1) is 6.92 Å². The Morgan fingerprint density at radius 3 is 2.86 bits per heavy atom. The predicted molar refractivity (Wildman–Crippen MR) is 53.6 cm³/mol. The molecule has 1 N–H and O–H groups in total. The number of halogens is 1. The van der Waals surface area contributed by atoms with Crippen LogP contribution in [0.25, 0.3) is 0 Å². The summed E-state index contributed by atoms with van der Waals surface area (Å²) in [6.45, 7) is 1.81. The molecule has 1 aliphatic carbocycles. The highest BCUT2D eigenvalue weighted by Crippen LogP contribution is 2.36. The van der Waals surface area contributed by atoms with E-state index in [-0.39, 0.29) is 11.4 Å². The molecule has 3 nitrogen and oxygen atoms in total. The minimum Gasteiger partial charge on any atom is -0.469 e. The number of rotatable bonds is 3. The normalized spacial score (nSPS) is 17.9. The molecule has 76 valence electrons. The molecule has 1 aromatic rings. The lowest BCUT2D eigenvalue weighted by atomic mass is 10.2. The maximum Gasteiger partial charge on any atom is 0.255 e. The quantitative estimate of drug-likeness (QED) is 0.782. The van der Waals surface area contributed by atoms with Gasteiger partial charge >= 0.3 is 0 Å². The average Bonchev–Trinajstić information content (AvgIpc) is 2.80. The Morgan fingerprint density at radius 2 is 2.43 bits per heavy atom. The second kappa shape index (κ2) is 3.31. The van der Waals surface area contributed by atoms with Crippen molar-refractivity contribution in [1.29, 1.82) is 0 Å². The molecule has 0 bridgehead atoms. The summed E-state index contributed by atoms with van der Waals surface area (Å²) in [7, 11) is 0. The first-order valence-electron chi connectivity index (χ1n) is 4.59. The minimum atomic E-state index is -0.149. The molecule has 1 saturated carbocycles. The van der Waals surface area contributed by atoms with Crippen LogP contribution in [-0.2, 0) is 0 Å². The van der Waals surface area contributed by atoms with E-state index < -0.39 is 0 Å². The monoisotopic (exact) mass is 213 g/mol. The zero-order valence-electron chi connectivity index (χ0n) is 7.97. The summed E-state index contributed by atoms with van der Waals surface area (Å²) in [5.41, 5.74) is 0.419. The second-order valence-corrected chi connectivity index (χ2v) is 4.08. The number of hydrogen-bond acceptors (Lipinski definition) is 2. The molecule has 14 heavy (non-hydrogen) atoms. The second-order valence-electron chi connectivity index (χ2n) is 3.81. The van der Waals surface area contributed by atoms with Gasteiger partial charge in [-0.15, -0.1) is 11.6 Å². The molecule has 1 fully saturated rings. The highest BCUT2D eigenvalue weighted by atomic mass is 35.5. The molecule has 1 heterocycles.